The summed E-state index contributed by atoms with van der Waals surface area (Å²) in [7, 11) is 0. The van der Waals surface area contributed by atoms with Crippen molar-refractivity contribution in [3.05, 3.63) is 29.0 Å². The number of nitrogens with zero attached hydrogens (tertiary/aromatic N) is 2. The fraction of sp³-hybridized carbons (Fsp3) is 0.500. The lowest BCUT2D eigenvalue weighted by Crippen LogP contribution is -2.40. The largest absolute Gasteiger partial charge is 0.481 e. The van der Waals surface area contributed by atoms with E-state index in [1.165, 1.54) is 11.3 Å². The lowest BCUT2D eigenvalue weighted by molar-refractivity contribution is -0.137. The second kappa shape index (κ2) is 7.82. The van der Waals surface area contributed by atoms with Crippen molar-refractivity contribution in [1.82, 2.24) is 9.88 Å². The Bertz CT molecular complexity index is 752. The highest BCUT2D eigenvalue weighted by atomic mass is 32.1. The van der Waals surface area contributed by atoms with Crippen LogP contribution in [0.4, 0.5) is 0 Å². The van der Waals surface area contributed by atoms with E-state index in [2.05, 4.69) is 4.98 Å². The molecule has 2 aromatic heterocycles. The van der Waals surface area contributed by atoms with Crippen LogP contribution in [0.1, 0.15) is 37.1 Å². The Balaban J connectivity index is 1.56. The summed E-state index contributed by atoms with van der Waals surface area (Å²) in [5, 5.41) is 11.5. The van der Waals surface area contributed by atoms with Crippen LogP contribution >= 0.6 is 11.3 Å². The number of hydrogen-bond donors (Lipinski definition) is 1. The van der Waals surface area contributed by atoms with Crippen molar-refractivity contribution in [3.8, 4) is 10.8 Å². The van der Waals surface area contributed by atoms with Crippen LogP contribution in [0.5, 0.6) is 0 Å². The highest BCUT2D eigenvalue weighted by Crippen LogP contribution is 2.26. The Kier molecular flexibility index (Phi) is 5.53. The summed E-state index contributed by atoms with van der Waals surface area (Å²) < 4.78 is 5.57. The first-order valence-corrected chi connectivity index (χ1v) is 9.40. The van der Waals surface area contributed by atoms with Crippen molar-refractivity contribution >= 4 is 23.2 Å². The van der Waals surface area contributed by atoms with Crippen LogP contribution in [0.25, 0.3) is 10.8 Å². The second-order valence-electron chi connectivity index (χ2n) is 6.51. The first-order valence-electron chi connectivity index (χ1n) is 8.52. The number of likely N-dealkylation sites (tertiary alicyclic amines) is 1. The molecule has 1 N–H and O–H groups in total. The van der Waals surface area contributed by atoms with E-state index in [1.807, 2.05) is 29.3 Å². The number of rotatable bonds is 6. The van der Waals surface area contributed by atoms with Gasteiger partial charge in [-0.2, -0.15) is 0 Å². The lowest BCUT2D eigenvalue weighted by Gasteiger charge is -2.32. The summed E-state index contributed by atoms with van der Waals surface area (Å²) in [6, 6.07) is 3.78. The number of amides is 1. The minimum Gasteiger partial charge on any atom is -0.481 e. The quantitative estimate of drug-likeness (QED) is 0.852. The second-order valence-corrected chi connectivity index (χ2v) is 7.37. The van der Waals surface area contributed by atoms with Gasteiger partial charge in [0.15, 0.2) is 10.8 Å². The van der Waals surface area contributed by atoms with Crippen LogP contribution in [0.2, 0.25) is 0 Å². The average molecular weight is 362 g/mol. The molecule has 0 spiro atoms. The van der Waals surface area contributed by atoms with Crippen molar-refractivity contribution in [1.29, 1.82) is 0 Å². The summed E-state index contributed by atoms with van der Waals surface area (Å²) in [6.07, 6.45) is 3.02. The van der Waals surface area contributed by atoms with E-state index in [9.17, 15) is 9.59 Å². The SMILES string of the molecule is Cc1ccc(-c2nc(CC(=O)N3CCCC(CCC(=O)O)C3)cs2)o1. The molecular weight excluding hydrogens is 340 g/mol. The summed E-state index contributed by atoms with van der Waals surface area (Å²) in [5.74, 6) is 1.14. The minimum absolute atomic E-state index is 0.0625. The number of carboxylic acid groups (broad SMARTS) is 1. The molecule has 7 heteroatoms. The summed E-state index contributed by atoms with van der Waals surface area (Å²) >= 11 is 1.48. The predicted molar refractivity (Wildman–Crippen MR) is 94.4 cm³/mol. The Morgan fingerprint density at radius 2 is 2.28 bits per heavy atom. The molecule has 0 saturated carbocycles. The zero-order valence-electron chi connectivity index (χ0n) is 14.2. The number of thiazole rings is 1. The smallest absolute Gasteiger partial charge is 0.303 e. The Morgan fingerprint density at radius 1 is 1.44 bits per heavy atom. The van der Waals surface area contributed by atoms with Crippen LogP contribution in [-0.2, 0) is 16.0 Å². The summed E-state index contributed by atoms with van der Waals surface area (Å²) in [6.45, 7) is 3.29. The number of aromatic nitrogens is 1. The van der Waals surface area contributed by atoms with Crippen LogP contribution < -0.4 is 0 Å². The molecular formula is C18H22N2O4S. The van der Waals surface area contributed by atoms with Crippen molar-refractivity contribution in [2.45, 2.75) is 39.0 Å². The van der Waals surface area contributed by atoms with Crippen molar-refractivity contribution in [2.75, 3.05) is 13.1 Å². The van der Waals surface area contributed by atoms with E-state index >= 15 is 0 Å². The van der Waals surface area contributed by atoms with E-state index in [-0.39, 0.29) is 24.7 Å². The molecule has 1 atom stereocenters. The molecule has 1 aliphatic heterocycles. The molecule has 25 heavy (non-hydrogen) atoms. The van der Waals surface area contributed by atoms with E-state index < -0.39 is 5.97 Å². The van der Waals surface area contributed by atoms with Crippen molar-refractivity contribution < 1.29 is 19.1 Å². The molecule has 3 rings (SSSR count). The topological polar surface area (TPSA) is 83.6 Å². The number of aryl methyl sites for hydroxylation is 1. The standard InChI is InChI=1S/C18H22N2O4S/c1-12-4-6-15(24-12)18-19-14(11-25-18)9-16(21)20-8-2-3-13(10-20)5-7-17(22)23/h4,6,11,13H,2-3,5,7-10H2,1H3,(H,22,23). The van der Waals surface area contributed by atoms with Gasteiger partial charge in [0.25, 0.3) is 0 Å². The van der Waals surface area contributed by atoms with E-state index in [0.29, 0.717) is 13.0 Å². The highest BCUT2D eigenvalue weighted by molar-refractivity contribution is 7.13. The Labute approximate surface area is 150 Å². The molecule has 6 nitrogen and oxygen atoms in total. The number of carbonyl (C=O) groups is 2. The maximum Gasteiger partial charge on any atom is 0.303 e. The molecule has 3 heterocycles. The fourth-order valence-electron chi connectivity index (χ4n) is 3.17. The molecule has 1 amide bonds. The summed E-state index contributed by atoms with van der Waals surface area (Å²) in [5.41, 5.74) is 0.756. The minimum atomic E-state index is -0.772. The van der Waals surface area contributed by atoms with Crippen LogP contribution in [-0.4, -0.2) is 40.0 Å². The van der Waals surface area contributed by atoms with E-state index in [1.54, 1.807) is 0 Å². The van der Waals surface area contributed by atoms with E-state index in [4.69, 9.17) is 9.52 Å². The molecule has 1 fully saturated rings. The van der Waals surface area contributed by atoms with E-state index in [0.717, 1.165) is 41.6 Å². The fourth-order valence-corrected chi connectivity index (χ4v) is 3.95. The molecule has 0 aliphatic carbocycles. The number of carboxylic acids is 1. The number of piperidine rings is 1. The molecule has 1 aliphatic rings. The monoisotopic (exact) mass is 362 g/mol. The molecule has 134 valence electrons. The maximum absolute atomic E-state index is 12.6. The molecule has 0 bridgehead atoms. The number of aliphatic carboxylic acids is 1. The van der Waals surface area contributed by atoms with Crippen LogP contribution in [0.3, 0.4) is 0 Å². The van der Waals surface area contributed by atoms with Crippen LogP contribution in [0, 0.1) is 12.8 Å². The number of carbonyl (C=O) groups excluding carboxylic acids is 1. The van der Waals surface area contributed by atoms with Gasteiger partial charge >= 0.3 is 5.97 Å². The predicted octanol–water partition coefficient (Wildman–Crippen LogP) is 3.36. The van der Waals surface area contributed by atoms with Gasteiger partial charge in [0.05, 0.1) is 12.1 Å². The molecule has 1 unspecified atom stereocenters. The van der Waals surface area contributed by atoms with Gasteiger partial charge in [0.1, 0.15) is 5.76 Å². The third kappa shape index (κ3) is 4.69. The Morgan fingerprint density at radius 3 is 3.00 bits per heavy atom. The molecule has 0 radical (unpaired) electrons. The molecule has 1 saturated heterocycles. The van der Waals surface area contributed by atoms with Gasteiger partial charge in [-0.05, 0) is 44.2 Å². The third-order valence-corrected chi connectivity index (χ3v) is 5.38. The molecule has 0 aromatic carbocycles. The van der Waals surface area contributed by atoms with Gasteiger partial charge < -0.3 is 14.4 Å². The average Bonchev–Trinajstić information content (AvgIpc) is 3.22. The number of furan rings is 1. The lowest BCUT2D eigenvalue weighted by atomic mass is 9.93. The zero-order chi connectivity index (χ0) is 17.8. The van der Waals surface area contributed by atoms with Crippen molar-refractivity contribution in [3.63, 3.8) is 0 Å². The first kappa shape index (κ1) is 17.7. The van der Waals surface area contributed by atoms with Gasteiger partial charge in [0, 0.05) is 24.9 Å². The Hall–Kier alpha value is -2.15. The maximum atomic E-state index is 12.6. The zero-order valence-corrected chi connectivity index (χ0v) is 15.1. The highest BCUT2D eigenvalue weighted by Gasteiger charge is 2.24. The van der Waals surface area contributed by atoms with Gasteiger partial charge in [-0.15, -0.1) is 11.3 Å². The van der Waals surface area contributed by atoms with Gasteiger partial charge in [-0.3, -0.25) is 9.59 Å². The van der Waals surface area contributed by atoms with Crippen molar-refractivity contribution in [2.24, 2.45) is 5.92 Å². The third-order valence-electron chi connectivity index (χ3n) is 4.47. The summed E-state index contributed by atoms with van der Waals surface area (Å²) in [4.78, 5) is 29.6. The first-order chi connectivity index (χ1) is 12.0. The number of hydrogen-bond acceptors (Lipinski definition) is 5. The van der Waals surface area contributed by atoms with Gasteiger partial charge in [-0.25, -0.2) is 4.98 Å². The van der Waals surface area contributed by atoms with Gasteiger partial charge in [0.2, 0.25) is 5.91 Å². The van der Waals surface area contributed by atoms with Crippen LogP contribution in [0.15, 0.2) is 21.9 Å². The molecule has 2 aromatic rings. The van der Waals surface area contributed by atoms with Gasteiger partial charge in [-0.1, -0.05) is 0 Å². The normalized spacial score (nSPS) is 17.6.